The summed E-state index contributed by atoms with van der Waals surface area (Å²) in [4.78, 5) is 7.94. The van der Waals surface area contributed by atoms with E-state index in [1.54, 1.807) is 7.11 Å². The first kappa shape index (κ1) is 14.9. The Morgan fingerprint density at radius 2 is 2.00 bits per heavy atom. The van der Waals surface area contributed by atoms with Crippen LogP contribution in [0.1, 0.15) is 33.1 Å². The average Bonchev–Trinajstić information content (AvgIpc) is 2.36. The second kappa shape index (κ2) is 8.86. The fourth-order valence-electron chi connectivity index (χ4n) is 2.40. The van der Waals surface area contributed by atoms with Gasteiger partial charge in [0.15, 0.2) is 0 Å². The molecule has 0 aromatic carbocycles. The maximum Gasteiger partial charge on any atom is 0.0915 e. The number of hydrogen-bond acceptors (Lipinski definition) is 4. The van der Waals surface area contributed by atoms with Crippen molar-refractivity contribution in [3.63, 3.8) is 0 Å². The molecule has 1 aliphatic heterocycles. The molecule has 0 spiro atoms. The van der Waals surface area contributed by atoms with Gasteiger partial charge in [0.1, 0.15) is 0 Å². The third kappa shape index (κ3) is 5.82. The largest absolute Gasteiger partial charge is 0.382 e. The lowest BCUT2D eigenvalue weighted by atomic mass is 9.91. The monoisotopic (exact) mass is 244 g/mol. The van der Waals surface area contributed by atoms with Crippen LogP contribution in [0.15, 0.2) is 0 Å². The van der Waals surface area contributed by atoms with E-state index in [-0.39, 0.29) is 0 Å². The Morgan fingerprint density at radius 3 is 2.59 bits per heavy atom. The van der Waals surface area contributed by atoms with Crippen LogP contribution < -0.4 is 5.48 Å². The molecule has 1 N–H and O–H groups in total. The SMILES string of the molecule is CCCN1CCC(C(C)NOCCOC)CC1. The Kier molecular flexibility index (Phi) is 7.77. The Balaban J connectivity index is 2.10. The molecule has 0 saturated carbocycles. The molecule has 0 bridgehead atoms. The average molecular weight is 244 g/mol. The zero-order chi connectivity index (χ0) is 12.5. The summed E-state index contributed by atoms with van der Waals surface area (Å²) in [6, 6.07) is 0.440. The highest BCUT2D eigenvalue weighted by Crippen LogP contribution is 2.20. The van der Waals surface area contributed by atoms with Crippen LogP contribution in [0.5, 0.6) is 0 Å². The number of rotatable bonds is 8. The first-order valence-corrected chi connectivity index (χ1v) is 6.86. The molecule has 1 aliphatic rings. The van der Waals surface area contributed by atoms with Crippen molar-refractivity contribution in [3.05, 3.63) is 0 Å². The van der Waals surface area contributed by atoms with E-state index in [1.165, 1.54) is 38.9 Å². The molecule has 0 radical (unpaired) electrons. The fraction of sp³-hybridized carbons (Fsp3) is 1.00. The molecule has 1 heterocycles. The normalized spacial score (nSPS) is 20.6. The minimum Gasteiger partial charge on any atom is -0.382 e. The lowest BCUT2D eigenvalue weighted by molar-refractivity contribution is -0.0251. The molecule has 1 unspecified atom stereocenters. The van der Waals surface area contributed by atoms with Gasteiger partial charge in [0.25, 0.3) is 0 Å². The van der Waals surface area contributed by atoms with E-state index in [2.05, 4.69) is 24.2 Å². The highest BCUT2D eigenvalue weighted by Gasteiger charge is 2.23. The van der Waals surface area contributed by atoms with E-state index in [1.807, 2.05) is 0 Å². The minimum absolute atomic E-state index is 0.440. The molecule has 17 heavy (non-hydrogen) atoms. The molecule has 102 valence electrons. The number of hydrogen-bond donors (Lipinski definition) is 1. The summed E-state index contributed by atoms with van der Waals surface area (Å²) in [6.45, 7) is 9.46. The van der Waals surface area contributed by atoms with Gasteiger partial charge >= 0.3 is 0 Å². The molecule has 1 saturated heterocycles. The van der Waals surface area contributed by atoms with E-state index in [9.17, 15) is 0 Å². The van der Waals surface area contributed by atoms with Crippen molar-refractivity contribution in [3.8, 4) is 0 Å². The summed E-state index contributed by atoms with van der Waals surface area (Å²) in [7, 11) is 1.69. The molecule has 0 aromatic heterocycles. The van der Waals surface area contributed by atoms with Gasteiger partial charge in [0, 0.05) is 13.2 Å². The van der Waals surface area contributed by atoms with Crippen molar-refractivity contribution in [1.82, 2.24) is 10.4 Å². The summed E-state index contributed by atoms with van der Waals surface area (Å²) in [5.74, 6) is 0.741. The second-order valence-corrected chi connectivity index (χ2v) is 4.93. The molecule has 0 aromatic rings. The molecule has 1 atom stereocenters. The summed E-state index contributed by atoms with van der Waals surface area (Å²) in [5.41, 5.74) is 3.14. The summed E-state index contributed by atoms with van der Waals surface area (Å²) in [6.07, 6.45) is 3.82. The number of nitrogens with one attached hydrogen (secondary N) is 1. The van der Waals surface area contributed by atoms with E-state index >= 15 is 0 Å². The quantitative estimate of drug-likeness (QED) is 0.520. The van der Waals surface area contributed by atoms with Gasteiger partial charge in [0.2, 0.25) is 0 Å². The van der Waals surface area contributed by atoms with Crippen LogP contribution in [-0.4, -0.2) is 50.9 Å². The Hall–Kier alpha value is -0.160. The number of nitrogens with zero attached hydrogens (tertiary/aromatic N) is 1. The first-order chi connectivity index (χ1) is 8.27. The first-order valence-electron chi connectivity index (χ1n) is 6.86. The van der Waals surface area contributed by atoms with E-state index in [4.69, 9.17) is 9.57 Å². The van der Waals surface area contributed by atoms with Gasteiger partial charge in [-0.05, 0) is 51.7 Å². The van der Waals surface area contributed by atoms with Crippen molar-refractivity contribution >= 4 is 0 Å². The van der Waals surface area contributed by atoms with E-state index < -0.39 is 0 Å². The molecule has 1 fully saturated rings. The van der Waals surface area contributed by atoms with Crippen LogP contribution in [0.3, 0.4) is 0 Å². The zero-order valence-electron chi connectivity index (χ0n) is 11.6. The van der Waals surface area contributed by atoms with Gasteiger partial charge in [-0.3, -0.25) is 4.84 Å². The topological polar surface area (TPSA) is 33.7 Å². The Bertz CT molecular complexity index is 182. The number of hydroxylamine groups is 1. The number of likely N-dealkylation sites (tertiary alicyclic amines) is 1. The van der Waals surface area contributed by atoms with Gasteiger partial charge in [-0.2, -0.15) is 5.48 Å². The van der Waals surface area contributed by atoms with Crippen molar-refractivity contribution in [1.29, 1.82) is 0 Å². The van der Waals surface area contributed by atoms with Gasteiger partial charge in [-0.25, -0.2) is 0 Å². The number of ether oxygens (including phenoxy) is 1. The third-order valence-electron chi connectivity index (χ3n) is 3.54. The maximum absolute atomic E-state index is 5.37. The predicted molar refractivity (Wildman–Crippen MR) is 69.9 cm³/mol. The van der Waals surface area contributed by atoms with Gasteiger partial charge in [-0.15, -0.1) is 0 Å². The molecular weight excluding hydrogens is 216 g/mol. The van der Waals surface area contributed by atoms with Gasteiger partial charge < -0.3 is 9.64 Å². The molecule has 4 nitrogen and oxygen atoms in total. The highest BCUT2D eigenvalue weighted by atomic mass is 16.7. The Labute approximate surface area is 106 Å². The summed E-state index contributed by atoms with van der Waals surface area (Å²) >= 11 is 0. The molecule has 1 rings (SSSR count). The van der Waals surface area contributed by atoms with Crippen LogP contribution in [0.2, 0.25) is 0 Å². The molecule has 0 amide bonds. The van der Waals surface area contributed by atoms with Gasteiger partial charge in [-0.1, -0.05) is 6.92 Å². The molecule has 4 heteroatoms. The smallest absolute Gasteiger partial charge is 0.0915 e. The van der Waals surface area contributed by atoms with Crippen molar-refractivity contribution in [2.45, 2.75) is 39.2 Å². The third-order valence-corrected chi connectivity index (χ3v) is 3.54. The highest BCUT2D eigenvalue weighted by molar-refractivity contribution is 4.77. The van der Waals surface area contributed by atoms with E-state index in [0.29, 0.717) is 19.3 Å². The van der Waals surface area contributed by atoms with E-state index in [0.717, 1.165) is 5.92 Å². The van der Waals surface area contributed by atoms with Crippen LogP contribution >= 0.6 is 0 Å². The summed E-state index contributed by atoms with van der Waals surface area (Å²) < 4.78 is 4.94. The number of methoxy groups -OCH3 is 1. The maximum atomic E-state index is 5.37. The Morgan fingerprint density at radius 1 is 1.29 bits per heavy atom. The second-order valence-electron chi connectivity index (χ2n) is 4.93. The van der Waals surface area contributed by atoms with Crippen LogP contribution in [-0.2, 0) is 9.57 Å². The zero-order valence-corrected chi connectivity index (χ0v) is 11.6. The lowest BCUT2D eigenvalue weighted by Crippen LogP contribution is -2.42. The van der Waals surface area contributed by atoms with Crippen molar-refractivity contribution in [2.75, 3.05) is 40.0 Å². The van der Waals surface area contributed by atoms with Crippen LogP contribution in [0.25, 0.3) is 0 Å². The van der Waals surface area contributed by atoms with Gasteiger partial charge in [0.05, 0.1) is 13.2 Å². The molecule has 0 aliphatic carbocycles. The van der Waals surface area contributed by atoms with Crippen LogP contribution in [0, 0.1) is 5.92 Å². The van der Waals surface area contributed by atoms with Crippen molar-refractivity contribution < 1.29 is 9.57 Å². The standard InChI is InChI=1S/C13H28N2O2/c1-4-7-15-8-5-13(6-9-15)12(2)14-17-11-10-16-3/h12-14H,4-11H2,1-3H3. The van der Waals surface area contributed by atoms with Crippen molar-refractivity contribution in [2.24, 2.45) is 5.92 Å². The number of piperidine rings is 1. The predicted octanol–water partition coefficient (Wildman–Crippen LogP) is 1.66. The lowest BCUT2D eigenvalue weighted by Gasteiger charge is -2.34. The molecular formula is C13H28N2O2. The fourth-order valence-corrected chi connectivity index (χ4v) is 2.40. The van der Waals surface area contributed by atoms with Crippen LogP contribution in [0.4, 0.5) is 0 Å². The summed E-state index contributed by atoms with van der Waals surface area (Å²) in [5, 5.41) is 0. The minimum atomic E-state index is 0.440.